The molecule has 25 heavy (non-hydrogen) atoms. The number of carbonyl (C=O) groups is 1. The number of fused-ring (bicyclic) bond motifs is 2. The fourth-order valence-corrected chi connectivity index (χ4v) is 3.46. The van der Waals surface area contributed by atoms with Gasteiger partial charge in [-0.1, -0.05) is 0 Å². The summed E-state index contributed by atoms with van der Waals surface area (Å²) in [4.78, 5) is 29.6. The average Bonchev–Trinajstić information content (AvgIpc) is 3.22. The molecule has 0 bridgehead atoms. The van der Waals surface area contributed by atoms with E-state index in [1.807, 2.05) is 23.8 Å². The van der Waals surface area contributed by atoms with Crippen molar-refractivity contribution in [1.29, 1.82) is 0 Å². The minimum atomic E-state index is -0.471. The molecule has 0 radical (unpaired) electrons. The fraction of sp³-hybridized carbons (Fsp3) is 0.235. The number of hydrogen-bond donors (Lipinski definition) is 1. The van der Waals surface area contributed by atoms with E-state index in [2.05, 4.69) is 10.3 Å². The van der Waals surface area contributed by atoms with Crippen LogP contribution in [-0.4, -0.2) is 22.3 Å². The van der Waals surface area contributed by atoms with Crippen molar-refractivity contribution >= 4 is 33.3 Å². The minimum absolute atomic E-state index is 0.0704. The quantitative estimate of drug-likeness (QED) is 0.779. The van der Waals surface area contributed by atoms with E-state index in [9.17, 15) is 9.59 Å². The number of carbonyl (C=O) groups excluding carboxylic acids is 1. The van der Waals surface area contributed by atoms with E-state index in [0.29, 0.717) is 34.1 Å². The lowest BCUT2D eigenvalue weighted by Gasteiger charge is -2.12. The number of aryl methyl sites for hydroxylation is 2. The number of nitrogens with zero attached hydrogens (tertiary/aromatic N) is 2. The van der Waals surface area contributed by atoms with Crippen LogP contribution in [0.15, 0.2) is 28.5 Å². The second-order valence-corrected chi connectivity index (χ2v) is 6.49. The second-order valence-electron chi connectivity index (χ2n) is 5.63. The summed E-state index contributed by atoms with van der Waals surface area (Å²) < 4.78 is 12.6. The van der Waals surface area contributed by atoms with Crippen LogP contribution in [0.5, 0.6) is 11.5 Å². The van der Waals surface area contributed by atoms with Gasteiger partial charge in [0.25, 0.3) is 5.91 Å². The lowest BCUT2D eigenvalue weighted by Crippen LogP contribution is -2.23. The third kappa shape index (κ3) is 2.64. The number of anilines is 1. The topological polar surface area (TPSA) is 82.5 Å². The minimum Gasteiger partial charge on any atom is -0.454 e. The molecular formula is C17H15N3O4S. The van der Waals surface area contributed by atoms with Crippen molar-refractivity contribution < 1.29 is 14.3 Å². The maximum atomic E-state index is 12.8. The molecule has 0 aliphatic carbocycles. The Hall–Kier alpha value is -2.87. The first-order valence-corrected chi connectivity index (χ1v) is 8.65. The zero-order chi connectivity index (χ0) is 17.6. The summed E-state index contributed by atoms with van der Waals surface area (Å²) in [5.74, 6) is 0.644. The van der Waals surface area contributed by atoms with Crippen LogP contribution >= 0.6 is 11.3 Å². The SMILES string of the molecule is CCn1cc(C(=O)Nc2nc(C)cs2)c(=O)c2cc3c(cc21)OCO3. The highest BCUT2D eigenvalue weighted by molar-refractivity contribution is 7.13. The maximum Gasteiger partial charge on any atom is 0.262 e. The Morgan fingerprint density at radius 2 is 2.12 bits per heavy atom. The molecule has 3 aromatic rings. The summed E-state index contributed by atoms with van der Waals surface area (Å²) in [7, 11) is 0. The van der Waals surface area contributed by atoms with Gasteiger partial charge >= 0.3 is 0 Å². The van der Waals surface area contributed by atoms with Crippen LogP contribution in [0.2, 0.25) is 0 Å². The number of benzene rings is 1. The molecule has 0 spiro atoms. The third-order valence-electron chi connectivity index (χ3n) is 4.00. The van der Waals surface area contributed by atoms with Crippen LogP contribution in [0.3, 0.4) is 0 Å². The van der Waals surface area contributed by atoms with Gasteiger partial charge in [-0.15, -0.1) is 11.3 Å². The number of pyridine rings is 1. The molecule has 0 unspecified atom stereocenters. The summed E-state index contributed by atoms with van der Waals surface area (Å²) in [6, 6.07) is 3.41. The van der Waals surface area contributed by atoms with E-state index in [4.69, 9.17) is 9.47 Å². The Balaban J connectivity index is 1.84. The Morgan fingerprint density at radius 3 is 2.80 bits per heavy atom. The fourth-order valence-electron chi connectivity index (χ4n) is 2.78. The molecule has 0 saturated carbocycles. The number of aromatic nitrogens is 2. The van der Waals surface area contributed by atoms with Gasteiger partial charge in [-0.05, 0) is 19.9 Å². The monoisotopic (exact) mass is 357 g/mol. The van der Waals surface area contributed by atoms with Crippen LogP contribution in [0, 0.1) is 6.92 Å². The highest BCUT2D eigenvalue weighted by Gasteiger charge is 2.21. The molecular weight excluding hydrogens is 342 g/mol. The van der Waals surface area contributed by atoms with Gasteiger partial charge in [0, 0.05) is 24.2 Å². The normalized spacial score (nSPS) is 12.6. The molecule has 0 atom stereocenters. The summed E-state index contributed by atoms with van der Waals surface area (Å²) in [6.45, 7) is 4.52. The van der Waals surface area contributed by atoms with Crippen LogP contribution in [0.25, 0.3) is 10.9 Å². The first-order valence-electron chi connectivity index (χ1n) is 7.77. The number of amides is 1. The second kappa shape index (κ2) is 5.89. The van der Waals surface area contributed by atoms with Gasteiger partial charge < -0.3 is 14.0 Å². The molecule has 8 heteroatoms. The van der Waals surface area contributed by atoms with E-state index >= 15 is 0 Å². The van der Waals surface area contributed by atoms with Crippen LogP contribution in [0.1, 0.15) is 23.0 Å². The highest BCUT2D eigenvalue weighted by atomic mass is 32.1. The Bertz CT molecular complexity index is 1050. The smallest absolute Gasteiger partial charge is 0.262 e. The molecule has 7 nitrogen and oxygen atoms in total. The number of nitrogens with one attached hydrogen (secondary N) is 1. The molecule has 1 N–H and O–H groups in total. The van der Waals surface area contributed by atoms with Crippen molar-refractivity contribution in [2.24, 2.45) is 0 Å². The van der Waals surface area contributed by atoms with Gasteiger partial charge in [-0.3, -0.25) is 14.9 Å². The highest BCUT2D eigenvalue weighted by Crippen LogP contribution is 2.35. The van der Waals surface area contributed by atoms with Crippen molar-refractivity contribution in [3.05, 3.63) is 45.2 Å². The number of thiazole rings is 1. The first kappa shape index (κ1) is 15.6. The van der Waals surface area contributed by atoms with Gasteiger partial charge in [0.15, 0.2) is 16.6 Å². The molecule has 1 amide bonds. The molecule has 1 aliphatic rings. The van der Waals surface area contributed by atoms with Gasteiger partial charge in [0.2, 0.25) is 12.2 Å². The molecule has 3 heterocycles. The number of rotatable bonds is 3. The number of hydrogen-bond acceptors (Lipinski definition) is 6. The predicted octanol–water partition coefficient (Wildman–Crippen LogP) is 2.77. The van der Waals surface area contributed by atoms with E-state index < -0.39 is 5.91 Å². The molecule has 4 rings (SSSR count). The average molecular weight is 357 g/mol. The summed E-state index contributed by atoms with van der Waals surface area (Å²) in [5.41, 5.74) is 1.25. The Morgan fingerprint density at radius 1 is 1.36 bits per heavy atom. The van der Waals surface area contributed by atoms with E-state index in [1.165, 1.54) is 11.3 Å². The van der Waals surface area contributed by atoms with Gasteiger partial charge in [-0.2, -0.15) is 0 Å². The third-order valence-corrected chi connectivity index (χ3v) is 4.87. The van der Waals surface area contributed by atoms with Crippen molar-refractivity contribution in [2.75, 3.05) is 12.1 Å². The molecule has 128 valence electrons. The van der Waals surface area contributed by atoms with Crippen LogP contribution in [0.4, 0.5) is 5.13 Å². The zero-order valence-electron chi connectivity index (χ0n) is 13.7. The molecule has 0 saturated heterocycles. The van der Waals surface area contributed by atoms with Crippen molar-refractivity contribution in [3.8, 4) is 11.5 Å². The standard InChI is InChI=1S/C17H15N3O4S/c1-3-20-6-11(16(22)19-17-18-9(2)7-25-17)15(21)10-4-13-14(5-12(10)20)24-8-23-13/h4-7H,3,8H2,1-2H3,(H,18,19,22). The van der Waals surface area contributed by atoms with Crippen molar-refractivity contribution in [3.63, 3.8) is 0 Å². The van der Waals surface area contributed by atoms with E-state index in [-0.39, 0.29) is 17.8 Å². The predicted molar refractivity (Wildman–Crippen MR) is 94.8 cm³/mol. The lowest BCUT2D eigenvalue weighted by molar-refractivity contribution is 0.102. The van der Waals surface area contributed by atoms with Crippen LogP contribution in [-0.2, 0) is 6.54 Å². The maximum absolute atomic E-state index is 12.8. The summed E-state index contributed by atoms with van der Waals surface area (Å²) in [6.07, 6.45) is 1.57. The Labute approximate surface area is 146 Å². The van der Waals surface area contributed by atoms with Crippen molar-refractivity contribution in [2.45, 2.75) is 20.4 Å². The molecule has 2 aromatic heterocycles. The largest absolute Gasteiger partial charge is 0.454 e. The Kier molecular flexibility index (Phi) is 3.69. The zero-order valence-corrected chi connectivity index (χ0v) is 14.5. The van der Waals surface area contributed by atoms with Gasteiger partial charge in [0.1, 0.15) is 5.56 Å². The lowest BCUT2D eigenvalue weighted by atomic mass is 10.1. The van der Waals surface area contributed by atoms with Crippen LogP contribution < -0.4 is 20.2 Å². The van der Waals surface area contributed by atoms with Gasteiger partial charge in [0.05, 0.1) is 16.6 Å². The molecule has 0 fully saturated rings. The molecule has 1 aromatic carbocycles. The summed E-state index contributed by atoms with van der Waals surface area (Å²) >= 11 is 1.32. The van der Waals surface area contributed by atoms with E-state index in [0.717, 1.165) is 5.69 Å². The van der Waals surface area contributed by atoms with Gasteiger partial charge in [-0.25, -0.2) is 4.98 Å². The van der Waals surface area contributed by atoms with E-state index in [1.54, 1.807) is 18.3 Å². The first-order chi connectivity index (χ1) is 12.1. The number of ether oxygens (including phenoxy) is 2. The van der Waals surface area contributed by atoms with Crippen molar-refractivity contribution in [1.82, 2.24) is 9.55 Å². The molecule has 1 aliphatic heterocycles. The summed E-state index contributed by atoms with van der Waals surface area (Å²) in [5, 5.41) is 5.42.